The molecule has 1 unspecified atom stereocenters. The molecular weight excluding hydrogens is 424 g/mol. The summed E-state index contributed by atoms with van der Waals surface area (Å²) in [6.07, 6.45) is 1.76. The number of hydrogen-bond donors (Lipinski definition) is 3. The zero-order valence-electron chi connectivity index (χ0n) is 17.7. The van der Waals surface area contributed by atoms with Crippen LogP contribution in [0.1, 0.15) is 26.3 Å². The van der Waals surface area contributed by atoms with Crippen LogP contribution < -0.4 is 16.2 Å². The summed E-state index contributed by atoms with van der Waals surface area (Å²) in [5.41, 5.74) is -0.206. The number of carboxylic acids is 1. The van der Waals surface area contributed by atoms with Crippen LogP contribution in [0.4, 0.5) is 5.82 Å². The lowest BCUT2D eigenvalue weighted by Gasteiger charge is -2.22. The van der Waals surface area contributed by atoms with Crippen LogP contribution in [0.25, 0.3) is 0 Å². The van der Waals surface area contributed by atoms with Crippen molar-refractivity contribution in [3.63, 3.8) is 0 Å². The smallest absolute Gasteiger partial charge is 0.323 e. The van der Waals surface area contributed by atoms with Crippen LogP contribution >= 0.6 is 11.6 Å². The summed E-state index contributed by atoms with van der Waals surface area (Å²) in [6.45, 7) is 5.13. The number of halogens is 1. The first-order chi connectivity index (χ1) is 14.5. The molecule has 0 radical (unpaired) electrons. The topological polar surface area (TPSA) is 123 Å². The molecule has 0 aliphatic heterocycles. The van der Waals surface area contributed by atoms with Gasteiger partial charge in [0.25, 0.3) is 5.56 Å². The maximum absolute atomic E-state index is 12.6. The molecule has 2 aromatic rings. The van der Waals surface area contributed by atoms with Crippen molar-refractivity contribution < 1.29 is 19.4 Å². The van der Waals surface area contributed by atoms with Gasteiger partial charge in [0, 0.05) is 12.6 Å². The van der Waals surface area contributed by atoms with Crippen molar-refractivity contribution in [2.45, 2.75) is 45.4 Å². The first-order valence-corrected chi connectivity index (χ1v) is 10.1. The number of aliphatic carboxylic acids is 1. The molecule has 0 spiro atoms. The fourth-order valence-corrected chi connectivity index (χ4v) is 3.03. The maximum Gasteiger partial charge on any atom is 0.323 e. The molecule has 0 fully saturated rings. The molecule has 0 amide bonds. The molecule has 9 nitrogen and oxygen atoms in total. The summed E-state index contributed by atoms with van der Waals surface area (Å²) in [5.74, 6) is -1.61. The van der Waals surface area contributed by atoms with Gasteiger partial charge < -0.3 is 20.5 Å². The summed E-state index contributed by atoms with van der Waals surface area (Å²) in [4.78, 5) is 39.7. The third kappa shape index (κ3) is 8.39. The molecule has 168 valence electrons. The lowest BCUT2D eigenvalue weighted by molar-refractivity contribution is -0.153. The van der Waals surface area contributed by atoms with E-state index in [9.17, 15) is 14.4 Å². The SMILES string of the molecule is CC(C)(C)OC(=O)CNCC(Cc1ccccc1)Nc1ncc(Cl)n(CC(=O)O)c1=O. The summed E-state index contributed by atoms with van der Waals surface area (Å²) in [7, 11) is 0. The lowest BCUT2D eigenvalue weighted by atomic mass is 10.1. The fourth-order valence-electron chi connectivity index (χ4n) is 2.84. The van der Waals surface area contributed by atoms with Crippen LogP contribution in [-0.4, -0.2) is 51.3 Å². The average Bonchev–Trinajstić information content (AvgIpc) is 2.66. The van der Waals surface area contributed by atoms with Gasteiger partial charge in [0.05, 0.1) is 12.7 Å². The number of carbonyl (C=O) groups is 2. The molecule has 31 heavy (non-hydrogen) atoms. The standard InChI is InChI=1S/C21H27ClN4O5/c1-21(2,3)31-18(29)12-23-10-15(9-14-7-5-4-6-8-14)25-19-20(30)26(13-17(27)28)16(22)11-24-19/h4-8,11,15,23H,9-10,12-13H2,1-3H3,(H,24,25)(H,27,28). The minimum absolute atomic E-state index is 0.00152. The molecular formula is C21H27ClN4O5. The summed E-state index contributed by atoms with van der Waals surface area (Å²) < 4.78 is 6.21. The minimum atomic E-state index is -1.19. The number of nitrogens with zero attached hydrogens (tertiary/aromatic N) is 2. The van der Waals surface area contributed by atoms with Crippen LogP contribution in [0.15, 0.2) is 41.3 Å². The number of nitrogens with one attached hydrogen (secondary N) is 2. The zero-order chi connectivity index (χ0) is 23.0. The normalized spacial score (nSPS) is 12.3. The third-order valence-corrected chi connectivity index (χ3v) is 4.35. The number of anilines is 1. The van der Waals surface area contributed by atoms with E-state index < -0.39 is 23.7 Å². The molecule has 1 aromatic heterocycles. The number of aromatic nitrogens is 2. The Balaban J connectivity index is 2.15. The van der Waals surface area contributed by atoms with Crippen molar-refractivity contribution >= 4 is 29.4 Å². The Kier molecular flexibility index (Phi) is 8.58. The second-order valence-electron chi connectivity index (χ2n) is 7.96. The molecule has 0 aliphatic rings. The van der Waals surface area contributed by atoms with Gasteiger partial charge in [-0.25, -0.2) is 4.98 Å². The molecule has 0 aliphatic carbocycles. The Labute approximate surface area is 185 Å². The predicted octanol–water partition coefficient (Wildman–Crippen LogP) is 1.94. The van der Waals surface area contributed by atoms with Gasteiger partial charge in [-0.3, -0.25) is 19.0 Å². The van der Waals surface area contributed by atoms with Gasteiger partial charge in [-0.2, -0.15) is 0 Å². The molecule has 10 heteroatoms. The lowest BCUT2D eigenvalue weighted by Crippen LogP contribution is -2.40. The molecule has 2 rings (SSSR count). The van der Waals surface area contributed by atoms with E-state index in [2.05, 4.69) is 15.6 Å². The van der Waals surface area contributed by atoms with E-state index in [1.54, 1.807) is 20.8 Å². The van der Waals surface area contributed by atoms with Crippen LogP contribution in [0.5, 0.6) is 0 Å². The molecule has 3 N–H and O–H groups in total. The Morgan fingerprint density at radius 2 is 1.94 bits per heavy atom. The average molecular weight is 451 g/mol. The van der Waals surface area contributed by atoms with Crippen molar-refractivity contribution in [3.05, 3.63) is 57.6 Å². The highest BCUT2D eigenvalue weighted by molar-refractivity contribution is 6.29. The van der Waals surface area contributed by atoms with Crippen LogP contribution in [-0.2, 0) is 27.3 Å². The zero-order valence-corrected chi connectivity index (χ0v) is 18.5. The molecule has 1 aromatic carbocycles. The Morgan fingerprint density at radius 1 is 1.26 bits per heavy atom. The van der Waals surface area contributed by atoms with Crippen molar-refractivity contribution in [1.82, 2.24) is 14.9 Å². The first-order valence-electron chi connectivity index (χ1n) is 9.75. The Bertz CT molecular complexity index is 956. The van der Waals surface area contributed by atoms with E-state index in [1.165, 1.54) is 6.20 Å². The van der Waals surface area contributed by atoms with Crippen molar-refractivity contribution in [1.29, 1.82) is 0 Å². The molecule has 0 bridgehead atoms. The number of hydrogen-bond acceptors (Lipinski definition) is 7. The Hall–Kier alpha value is -2.91. The van der Waals surface area contributed by atoms with E-state index in [1.807, 2.05) is 30.3 Å². The number of esters is 1. The summed E-state index contributed by atoms with van der Waals surface area (Å²) >= 11 is 5.93. The van der Waals surface area contributed by atoms with Gasteiger partial charge in [-0.05, 0) is 32.8 Å². The maximum atomic E-state index is 12.6. The molecule has 0 saturated carbocycles. The molecule has 1 atom stereocenters. The van der Waals surface area contributed by atoms with E-state index in [0.717, 1.165) is 10.1 Å². The van der Waals surface area contributed by atoms with E-state index in [0.29, 0.717) is 13.0 Å². The number of rotatable bonds is 10. The van der Waals surface area contributed by atoms with Gasteiger partial charge in [-0.15, -0.1) is 0 Å². The van der Waals surface area contributed by atoms with Gasteiger partial charge in [0.2, 0.25) is 0 Å². The van der Waals surface area contributed by atoms with Gasteiger partial charge in [0.15, 0.2) is 5.82 Å². The number of ether oxygens (including phenoxy) is 1. The number of benzene rings is 1. The van der Waals surface area contributed by atoms with Gasteiger partial charge >= 0.3 is 11.9 Å². The van der Waals surface area contributed by atoms with Gasteiger partial charge in [-0.1, -0.05) is 41.9 Å². The highest BCUT2D eigenvalue weighted by Gasteiger charge is 2.19. The highest BCUT2D eigenvalue weighted by Crippen LogP contribution is 2.10. The summed E-state index contributed by atoms with van der Waals surface area (Å²) in [5, 5.41) is 15.0. The Morgan fingerprint density at radius 3 is 2.55 bits per heavy atom. The van der Waals surface area contributed by atoms with E-state index in [-0.39, 0.29) is 29.5 Å². The van der Waals surface area contributed by atoms with Crippen molar-refractivity contribution in [2.24, 2.45) is 0 Å². The molecule has 1 heterocycles. The van der Waals surface area contributed by atoms with Crippen LogP contribution in [0.3, 0.4) is 0 Å². The highest BCUT2D eigenvalue weighted by atomic mass is 35.5. The van der Waals surface area contributed by atoms with Crippen LogP contribution in [0, 0.1) is 0 Å². The van der Waals surface area contributed by atoms with E-state index >= 15 is 0 Å². The van der Waals surface area contributed by atoms with E-state index in [4.69, 9.17) is 21.4 Å². The first kappa shape index (κ1) is 24.4. The predicted molar refractivity (Wildman–Crippen MR) is 117 cm³/mol. The van der Waals surface area contributed by atoms with Crippen molar-refractivity contribution in [3.8, 4) is 0 Å². The molecule has 0 saturated heterocycles. The van der Waals surface area contributed by atoms with Crippen molar-refractivity contribution in [2.75, 3.05) is 18.4 Å². The number of carboxylic acid groups (broad SMARTS) is 1. The second kappa shape index (κ2) is 10.9. The largest absolute Gasteiger partial charge is 0.480 e. The second-order valence-corrected chi connectivity index (χ2v) is 8.35. The monoisotopic (exact) mass is 450 g/mol. The number of carbonyl (C=O) groups excluding carboxylic acids is 1. The minimum Gasteiger partial charge on any atom is -0.480 e. The van der Waals surface area contributed by atoms with Crippen LogP contribution in [0.2, 0.25) is 5.15 Å². The van der Waals surface area contributed by atoms with Gasteiger partial charge in [0.1, 0.15) is 17.3 Å². The fraction of sp³-hybridized carbons (Fsp3) is 0.429. The third-order valence-electron chi connectivity index (χ3n) is 4.05. The quantitative estimate of drug-likeness (QED) is 0.469. The summed E-state index contributed by atoms with van der Waals surface area (Å²) in [6, 6.07) is 9.28.